The molecule has 1 aromatic carbocycles. The standard InChI is InChI=1S/C19H15N5O2/c1-24-18(26)10-16(13-6-8-21-9-7-13)23-19(24)22-12-17(25)15-5-3-2-4-14(15)11-20/h2-10H,12H2,1H3,(H,22,23). The summed E-state index contributed by atoms with van der Waals surface area (Å²) >= 11 is 0. The van der Waals surface area contributed by atoms with Gasteiger partial charge in [-0.2, -0.15) is 5.26 Å². The molecule has 0 saturated carbocycles. The third-order valence-electron chi connectivity index (χ3n) is 3.87. The van der Waals surface area contributed by atoms with E-state index in [9.17, 15) is 9.59 Å². The molecule has 3 rings (SSSR count). The fourth-order valence-electron chi connectivity index (χ4n) is 2.45. The van der Waals surface area contributed by atoms with Gasteiger partial charge in [-0.15, -0.1) is 0 Å². The first kappa shape index (κ1) is 17.0. The average Bonchev–Trinajstić information content (AvgIpc) is 2.69. The van der Waals surface area contributed by atoms with Crippen molar-refractivity contribution in [3.05, 3.63) is 76.3 Å². The number of nitrogens with one attached hydrogen (secondary N) is 1. The van der Waals surface area contributed by atoms with Gasteiger partial charge in [-0.05, 0) is 18.2 Å². The number of nitriles is 1. The normalized spacial score (nSPS) is 10.2. The Morgan fingerprint density at radius 1 is 1.23 bits per heavy atom. The number of carbonyl (C=O) groups excluding carboxylic acids is 1. The number of anilines is 1. The molecule has 0 bridgehead atoms. The first-order valence-corrected chi connectivity index (χ1v) is 7.85. The summed E-state index contributed by atoms with van der Waals surface area (Å²) in [7, 11) is 1.57. The third-order valence-corrected chi connectivity index (χ3v) is 3.87. The van der Waals surface area contributed by atoms with Gasteiger partial charge in [0.1, 0.15) is 0 Å². The molecule has 0 atom stereocenters. The Morgan fingerprint density at radius 2 is 1.96 bits per heavy atom. The topological polar surface area (TPSA) is 101 Å². The predicted octanol–water partition coefficient (Wildman–Crippen LogP) is 2.01. The molecule has 3 aromatic rings. The highest BCUT2D eigenvalue weighted by atomic mass is 16.1. The van der Waals surface area contributed by atoms with Gasteiger partial charge in [0.05, 0.1) is 23.9 Å². The van der Waals surface area contributed by atoms with Crippen molar-refractivity contribution in [1.29, 1.82) is 5.26 Å². The lowest BCUT2D eigenvalue weighted by molar-refractivity contribution is 0.101. The average molecular weight is 345 g/mol. The van der Waals surface area contributed by atoms with E-state index in [0.717, 1.165) is 5.56 Å². The highest BCUT2D eigenvalue weighted by molar-refractivity contribution is 6.00. The van der Waals surface area contributed by atoms with Crippen LogP contribution < -0.4 is 10.9 Å². The molecule has 0 unspecified atom stereocenters. The number of pyridine rings is 1. The van der Waals surface area contributed by atoms with Crippen molar-refractivity contribution in [2.24, 2.45) is 7.05 Å². The molecule has 0 aliphatic heterocycles. The minimum Gasteiger partial charge on any atom is -0.348 e. The van der Waals surface area contributed by atoms with Gasteiger partial charge < -0.3 is 5.32 Å². The van der Waals surface area contributed by atoms with Crippen molar-refractivity contribution in [2.75, 3.05) is 11.9 Å². The van der Waals surface area contributed by atoms with Crippen LogP contribution in [0.1, 0.15) is 15.9 Å². The van der Waals surface area contributed by atoms with Crippen LogP contribution in [0.2, 0.25) is 0 Å². The van der Waals surface area contributed by atoms with Gasteiger partial charge in [0.25, 0.3) is 5.56 Å². The number of carbonyl (C=O) groups is 1. The molecule has 26 heavy (non-hydrogen) atoms. The molecule has 1 N–H and O–H groups in total. The van der Waals surface area contributed by atoms with E-state index in [1.54, 1.807) is 55.8 Å². The first-order valence-electron chi connectivity index (χ1n) is 7.85. The predicted molar refractivity (Wildman–Crippen MR) is 96.7 cm³/mol. The van der Waals surface area contributed by atoms with E-state index in [4.69, 9.17) is 5.26 Å². The molecule has 0 amide bonds. The molecular formula is C19H15N5O2. The summed E-state index contributed by atoms with van der Waals surface area (Å²) in [5, 5.41) is 12.0. The lowest BCUT2D eigenvalue weighted by Crippen LogP contribution is -2.25. The molecule has 0 fully saturated rings. The number of hydrogen-bond donors (Lipinski definition) is 1. The number of rotatable bonds is 5. The van der Waals surface area contributed by atoms with E-state index in [-0.39, 0.29) is 23.8 Å². The minimum atomic E-state index is -0.259. The molecule has 2 heterocycles. The number of ketones is 1. The zero-order chi connectivity index (χ0) is 18.5. The van der Waals surface area contributed by atoms with Crippen LogP contribution in [0.15, 0.2) is 59.7 Å². The molecule has 0 aliphatic rings. The zero-order valence-corrected chi connectivity index (χ0v) is 14.0. The van der Waals surface area contributed by atoms with E-state index < -0.39 is 0 Å². The number of benzene rings is 1. The van der Waals surface area contributed by atoms with E-state index in [1.807, 2.05) is 6.07 Å². The van der Waals surface area contributed by atoms with Crippen LogP contribution >= 0.6 is 0 Å². The Hall–Kier alpha value is -3.79. The van der Waals surface area contributed by atoms with Crippen molar-refractivity contribution in [3.63, 3.8) is 0 Å². The maximum absolute atomic E-state index is 12.4. The van der Waals surface area contributed by atoms with Crippen LogP contribution in [-0.2, 0) is 7.05 Å². The molecule has 7 heteroatoms. The fourth-order valence-corrected chi connectivity index (χ4v) is 2.45. The van der Waals surface area contributed by atoms with Gasteiger partial charge in [-0.25, -0.2) is 4.98 Å². The summed E-state index contributed by atoms with van der Waals surface area (Å²) < 4.78 is 1.33. The first-order chi connectivity index (χ1) is 12.6. The maximum atomic E-state index is 12.4. The maximum Gasteiger partial charge on any atom is 0.255 e. The Morgan fingerprint density at radius 3 is 2.69 bits per heavy atom. The lowest BCUT2D eigenvalue weighted by Gasteiger charge is -2.11. The molecule has 0 radical (unpaired) electrons. The van der Waals surface area contributed by atoms with Crippen LogP contribution in [0, 0.1) is 11.3 Å². The molecule has 7 nitrogen and oxygen atoms in total. The van der Waals surface area contributed by atoms with E-state index >= 15 is 0 Å². The van der Waals surface area contributed by atoms with Crippen LogP contribution in [0.4, 0.5) is 5.95 Å². The van der Waals surface area contributed by atoms with Crippen LogP contribution in [0.25, 0.3) is 11.3 Å². The lowest BCUT2D eigenvalue weighted by atomic mass is 10.0. The smallest absolute Gasteiger partial charge is 0.255 e. The Kier molecular flexibility index (Phi) is 4.85. The number of hydrogen-bond acceptors (Lipinski definition) is 6. The summed E-state index contributed by atoms with van der Waals surface area (Å²) in [6.45, 7) is -0.0846. The van der Waals surface area contributed by atoms with Gasteiger partial charge in [-0.3, -0.25) is 19.1 Å². The van der Waals surface area contributed by atoms with Crippen LogP contribution in [-0.4, -0.2) is 26.9 Å². The summed E-state index contributed by atoms with van der Waals surface area (Å²) in [6, 6.07) is 13.5. The summed E-state index contributed by atoms with van der Waals surface area (Å²) in [4.78, 5) is 33.0. The highest BCUT2D eigenvalue weighted by Gasteiger charge is 2.13. The third kappa shape index (κ3) is 3.49. The minimum absolute atomic E-state index is 0.0846. The molecule has 0 aliphatic carbocycles. The van der Waals surface area contributed by atoms with Crippen molar-refractivity contribution in [2.45, 2.75) is 0 Å². The van der Waals surface area contributed by atoms with Gasteiger partial charge >= 0.3 is 0 Å². The summed E-state index contributed by atoms with van der Waals surface area (Å²) in [6.07, 6.45) is 3.23. The van der Waals surface area contributed by atoms with Crippen molar-refractivity contribution < 1.29 is 4.79 Å². The van der Waals surface area contributed by atoms with Crippen molar-refractivity contribution in [3.8, 4) is 17.3 Å². The quantitative estimate of drug-likeness (QED) is 0.710. The number of Topliss-reactive ketones (excluding diaryl/α,β-unsaturated/α-hetero) is 1. The Labute approximate surface area is 149 Å². The molecular weight excluding hydrogens is 330 g/mol. The largest absolute Gasteiger partial charge is 0.348 e. The zero-order valence-electron chi connectivity index (χ0n) is 14.0. The van der Waals surface area contributed by atoms with E-state index in [1.165, 1.54) is 10.6 Å². The van der Waals surface area contributed by atoms with Crippen molar-refractivity contribution >= 4 is 11.7 Å². The second-order valence-corrected chi connectivity index (χ2v) is 5.53. The molecule has 0 spiro atoms. The summed E-state index contributed by atoms with van der Waals surface area (Å²) in [5.74, 6) is 0.0119. The second-order valence-electron chi connectivity index (χ2n) is 5.53. The van der Waals surface area contributed by atoms with Crippen LogP contribution in [0.5, 0.6) is 0 Å². The van der Waals surface area contributed by atoms with Crippen molar-refractivity contribution in [1.82, 2.24) is 14.5 Å². The fraction of sp³-hybridized carbons (Fsp3) is 0.105. The van der Waals surface area contributed by atoms with Gasteiger partial charge in [0, 0.05) is 36.6 Å². The van der Waals surface area contributed by atoms with E-state index in [0.29, 0.717) is 16.8 Å². The van der Waals surface area contributed by atoms with Gasteiger partial charge in [0.15, 0.2) is 5.78 Å². The Bertz CT molecular complexity index is 1050. The Balaban J connectivity index is 1.86. The van der Waals surface area contributed by atoms with Crippen LogP contribution in [0.3, 0.4) is 0 Å². The monoisotopic (exact) mass is 345 g/mol. The SMILES string of the molecule is Cn1c(NCC(=O)c2ccccc2C#N)nc(-c2ccncc2)cc1=O. The second kappa shape index (κ2) is 7.40. The number of aromatic nitrogens is 3. The summed E-state index contributed by atoms with van der Waals surface area (Å²) in [5.41, 5.74) is 1.63. The molecule has 0 saturated heterocycles. The number of nitrogens with zero attached hydrogens (tertiary/aromatic N) is 4. The van der Waals surface area contributed by atoms with Gasteiger partial charge in [0.2, 0.25) is 5.95 Å². The van der Waals surface area contributed by atoms with E-state index in [2.05, 4.69) is 15.3 Å². The van der Waals surface area contributed by atoms with Gasteiger partial charge in [-0.1, -0.05) is 18.2 Å². The molecule has 128 valence electrons. The highest BCUT2D eigenvalue weighted by Crippen LogP contribution is 2.16. The molecule has 2 aromatic heterocycles.